The van der Waals surface area contributed by atoms with Crippen LogP contribution in [-0.2, 0) is 0 Å². The van der Waals surface area contributed by atoms with Crippen molar-refractivity contribution in [2.24, 2.45) is 0 Å². The highest BCUT2D eigenvalue weighted by atomic mass is 35.5. The zero-order valence-corrected chi connectivity index (χ0v) is 11.2. The molecule has 1 heterocycles. The lowest BCUT2D eigenvalue weighted by Gasteiger charge is -2.22. The molecule has 5 nitrogen and oxygen atoms in total. The molecule has 0 aliphatic heterocycles. The molecule has 0 aromatic carbocycles. The van der Waals surface area contributed by atoms with Gasteiger partial charge in [-0.2, -0.15) is 4.98 Å². The Kier molecular flexibility index (Phi) is 4.60. The number of ether oxygens (including phenoxy) is 1. The quantitative estimate of drug-likeness (QED) is 0.826. The van der Waals surface area contributed by atoms with Crippen molar-refractivity contribution in [1.29, 1.82) is 0 Å². The van der Waals surface area contributed by atoms with Crippen LogP contribution in [0.15, 0.2) is 6.20 Å². The van der Waals surface area contributed by atoms with E-state index in [4.69, 9.17) is 16.3 Å². The number of nitrogens with one attached hydrogen (secondary N) is 1. The average Bonchev–Trinajstić information content (AvgIpc) is 2.58. The van der Waals surface area contributed by atoms with Crippen LogP contribution in [-0.4, -0.2) is 34.3 Å². The van der Waals surface area contributed by atoms with Crippen molar-refractivity contribution in [3.05, 3.63) is 11.2 Å². The largest absolute Gasteiger partial charge is 0.467 e. The van der Waals surface area contributed by atoms with Crippen molar-refractivity contribution in [2.75, 3.05) is 12.4 Å². The van der Waals surface area contributed by atoms with Gasteiger partial charge in [0.2, 0.25) is 0 Å². The van der Waals surface area contributed by atoms with Crippen molar-refractivity contribution in [3.8, 4) is 6.01 Å². The fraction of sp³-hybridized carbons (Fsp3) is 0.667. The maximum atomic E-state index is 10.0. The van der Waals surface area contributed by atoms with Gasteiger partial charge in [-0.3, -0.25) is 0 Å². The molecule has 0 radical (unpaired) electrons. The van der Waals surface area contributed by atoms with Crippen molar-refractivity contribution in [2.45, 2.75) is 44.2 Å². The Balaban J connectivity index is 2.11. The SMILES string of the molecule is COc1ncc(Cl)c(NC2CCCCCC2O)n1. The summed E-state index contributed by atoms with van der Waals surface area (Å²) >= 11 is 6.04. The summed E-state index contributed by atoms with van der Waals surface area (Å²) in [5.74, 6) is 0.523. The maximum Gasteiger partial charge on any atom is 0.318 e. The molecule has 2 atom stereocenters. The Bertz CT molecular complexity index is 403. The van der Waals surface area contributed by atoms with E-state index in [2.05, 4.69) is 15.3 Å². The highest BCUT2D eigenvalue weighted by Gasteiger charge is 2.22. The molecule has 0 spiro atoms. The zero-order valence-electron chi connectivity index (χ0n) is 10.4. The van der Waals surface area contributed by atoms with Gasteiger partial charge < -0.3 is 15.2 Å². The summed E-state index contributed by atoms with van der Waals surface area (Å²) in [7, 11) is 1.51. The molecule has 1 aromatic rings. The minimum Gasteiger partial charge on any atom is -0.467 e. The normalized spacial score (nSPS) is 24.4. The molecule has 2 rings (SSSR count). The van der Waals surface area contributed by atoms with Gasteiger partial charge in [0.15, 0.2) is 5.82 Å². The lowest BCUT2D eigenvalue weighted by atomic mass is 10.1. The van der Waals surface area contributed by atoms with Crippen LogP contribution in [0, 0.1) is 0 Å². The standard InChI is InChI=1S/C12H18ClN3O2/c1-18-12-14-7-8(13)11(16-12)15-9-5-3-2-4-6-10(9)17/h7,9-10,17H,2-6H2,1H3,(H,14,15,16). The van der Waals surface area contributed by atoms with Crippen LogP contribution in [0.3, 0.4) is 0 Å². The van der Waals surface area contributed by atoms with Gasteiger partial charge >= 0.3 is 6.01 Å². The molecule has 1 saturated carbocycles. The molecule has 1 aliphatic carbocycles. The van der Waals surface area contributed by atoms with E-state index in [0.29, 0.717) is 10.8 Å². The number of aliphatic hydroxyl groups excluding tert-OH is 1. The Morgan fingerprint density at radius 1 is 1.39 bits per heavy atom. The van der Waals surface area contributed by atoms with Crippen LogP contribution in [0.4, 0.5) is 5.82 Å². The third-order valence-corrected chi connectivity index (χ3v) is 3.48. The Hall–Kier alpha value is -1.07. The molecule has 0 saturated heterocycles. The summed E-state index contributed by atoms with van der Waals surface area (Å²) < 4.78 is 4.97. The molecule has 2 N–H and O–H groups in total. The highest BCUT2D eigenvalue weighted by molar-refractivity contribution is 6.32. The second-order valence-corrected chi connectivity index (χ2v) is 4.92. The van der Waals surface area contributed by atoms with E-state index in [1.54, 1.807) is 0 Å². The minimum atomic E-state index is -0.357. The summed E-state index contributed by atoms with van der Waals surface area (Å²) in [6, 6.07) is 0.259. The van der Waals surface area contributed by atoms with Gasteiger partial charge in [0.05, 0.1) is 25.5 Å². The molecule has 1 aliphatic rings. The van der Waals surface area contributed by atoms with Crippen molar-refractivity contribution >= 4 is 17.4 Å². The van der Waals surface area contributed by atoms with Crippen LogP contribution in [0.2, 0.25) is 5.02 Å². The third kappa shape index (κ3) is 3.23. The minimum absolute atomic E-state index is 0.00962. The molecular weight excluding hydrogens is 254 g/mol. The van der Waals surface area contributed by atoms with Crippen LogP contribution >= 0.6 is 11.6 Å². The predicted octanol–water partition coefficient (Wildman–Crippen LogP) is 2.24. The van der Waals surface area contributed by atoms with Crippen LogP contribution in [0.5, 0.6) is 6.01 Å². The topological polar surface area (TPSA) is 67.3 Å². The molecular formula is C12H18ClN3O2. The second-order valence-electron chi connectivity index (χ2n) is 4.51. The van der Waals surface area contributed by atoms with Gasteiger partial charge in [-0.15, -0.1) is 0 Å². The number of nitrogens with zero attached hydrogens (tertiary/aromatic N) is 2. The van der Waals surface area contributed by atoms with Gasteiger partial charge in [-0.25, -0.2) is 4.98 Å². The number of hydrogen-bond acceptors (Lipinski definition) is 5. The average molecular weight is 272 g/mol. The molecule has 1 aromatic heterocycles. The molecule has 6 heteroatoms. The first-order valence-corrected chi connectivity index (χ1v) is 6.59. The lowest BCUT2D eigenvalue weighted by Crippen LogP contribution is -2.33. The van der Waals surface area contributed by atoms with Crippen molar-refractivity contribution in [3.63, 3.8) is 0 Å². The summed E-state index contributed by atoms with van der Waals surface area (Å²) in [6.07, 6.45) is 6.22. The Morgan fingerprint density at radius 2 is 2.17 bits per heavy atom. The molecule has 2 unspecified atom stereocenters. The number of anilines is 1. The van der Waals surface area contributed by atoms with Crippen LogP contribution in [0.25, 0.3) is 0 Å². The third-order valence-electron chi connectivity index (χ3n) is 3.21. The Labute approximate surface area is 112 Å². The van der Waals surface area contributed by atoms with Crippen LogP contribution < -0.4 is 10.1 Å². The van der Waals surface area contributed by atoms with Crippen molar-refractivity contribution in [1.82, 2.24) is 9.97 Å². The zero-order chi connectivity index (χ0) is 13.0. The van der Waals surface area contributed by atoms with Crippen molar-refractivity contribution < 1.29 is 9.84 Å². The van der Waals surface area contributed by atoms with E-state index in [0.717, 1.165) is 32.1 Å². The van der Waals surface area contributed by atoms with Gasteiger partial charge in [0.25, 0.3) is 0 Å². The summed E-state index contributed by atoms with van der Waals surface area (Å²) in [5.41, 5.74) is 0. The van der Waals surface area contributed by atoms with E-state index in [1.807, 2.05) is 0 Å². The molecule has 100 valence electrons. The number of halogens is 1. The number of hydrogen-bond donors (Lipinski definition) is 2. The molecule has 0 bridgehead atoms. The fourth-order valence-electron chi connectivity index (χ4n) is 2.18. The first-order valence-electron chi connectivity index (χ1n) is 6.22. The fourth-order valence-corrected chi connectivity index (χ4v) is 2.33. The van der Waals surface area contributed by atoms with Gasteiger partial charge in [-0.1, -0.05) is 30.9 Å². The maximum absolute atomic E-state index is 10.0. The van der Waals surface area contributed by atoms with Gasteiger partial charge in [0.1, 0.15) is 5.02 Å². The van der Waals surface area contributed by atoms with E-state index >= 15 is 0 Å². The molecule has 0 amide bonds. The van der Waals surface area contributed by atoms with E-state index in [1.165, 1.54) is 13.3 Å². The number of aliphatic hydroxyl groups is 1. The summed E-state index contributed by atoms with van der Waals surface area (Å²) in [4.78, 5) is 8.08. The highest BCUT2D eigenvalue weighted by Crippen LogP contribution is 2.25. The van der Waals surface area contributed by atoms with E-state index in [-0.39, 0.29) is 18.2 Å². The first kappa shape index (κ1) is 13.4. The number of aromatic nitrogens is 2. The van der Waals surface area contributed by atoms with E-state index < -0.39 is 0 Å². The number of rotatable bonds is 3. The van der Waals surface area contributed by atoms with Gasteiger partial charge in [-0.05, 0) is 12.8 Å². The second kappa shape index (κ2) is 6.20. The molecule has 1 fully saturated rings. The number of methoxy groups -OCH3 is 1. The van der Waals surface area contributed by atoms with Crippen LogP contribution in [0.1, 0.15) is 32.1 Å². The predicted molar refractivity (Wildman–Crippen MR) is 70.1 cm³/mol. The van der Waals surface area contributed by atoms with E-state index in [9.17, 15) is 5.11 Å². The smallest absolute Gasteiger partial charge is 0.318 e. The van der Waals surface area contributed by atoms with Gasteiger partial charge in [0, 0.05) is 0 Å². The first-order chi connectivity index (χ1) is 8.70. The Morgan fingerprint density at radius 3 is 2.94 bits per heavy atom. The monoisotopic (exact) mass is 271 g/mol. The molecule has 18 heavy (non-hydrogen) atoms. The summed E-state index contributed by atoms with van der Waals surface area (Å²) in [6.45, 7) is 0. The summed E-state index contributed by atoms with van der Waals surface area (Å²) in [5, 5.41) is 13.7. The lowest BCUT2D eigenvalue weighted by molar-refractivity contribution is 0.144.